The Hall–Kier alpha value is -2.34. The van der Waals surface area contributed by atoms with Crippen LogP contribution in [0.25, 0.3) is 11.3 Å². The SMILES string of the molecule is Cc1onc(-c2c(Cl)cccc2Cl)c1C(=O)N1CC[NH+](Cc2ccccc2)CC1. The van der Waals surface area contributed by atoms with Crippen LogP contribution in [0.15, 0.2) is 53.1 Å². The Labute approximate surface area is 179 Å². The molecule has 4 rings (SSSR count). The van der Waals surface area contributed by atoms with E-state index in [1.54, 1.807) is 25.1 Å². The summed E-state index contributed by atoms with van der Waals surface area (Å²) in [7, 11) is 0. The monoisotopic (exact) mass is 430 g/mol. The second-order valence-electron chi connectivity index (χ2n) is 7.26. The molecular weight excluding hydrogens is 409 g/mol. The maximum Gasteiger partial charge on any atom is 0.260 e. The summed E-state index contributed by atoms with van der Waals surface area (Å²) in [5.74, 6) is 0.383. The topological polar surface area (TPSA) is 50.8 Å². The molecule has 3 aromatic rings. The number of hydrogen-bond donors (Lipinski definition) is 1. The van der Waals surface area contributed by atoms with E-state index in [1.807, 2.05) is 11.0 Å². The van der Waals surface area contributed by atoms with Crippen molar-refractivity contribution < 1.29 is 14.2 Å². The van der Waals surface area contributed by atoms with Crippen LogP contribution in [0.3, 0.4) is 0 Å². The van der Waals surface area contributed by atoms with Crippen molar-refractivity contribution in [2.24, 2.45) is 0 Å². The number of nitrogens with zero attached hydrogens (tertiary/aromatic N) is 2. The molecule has 2 heterocycles. The van der Waals surface area contributed by atoms with E-state index in [0.29, 0.717) is 45.7 Å². The number of halogens is 2. The summed E-state index contributed by atoms with van der Waals surface area (Å²) in [6.45, 7) is 5.87. The largest absolute Gasteiger partial charge is 0.360 e. The van der Waals surface area contributed by atoms with Gasteiger partial charge >= 0.3 is 0 Å². The number of carbonyl (C=O) groups is 1. The molecule has 1 fully saturated rings. The second kappa shape index (κ2) is 8.57. The molecule has 0 saturated carbocycles. The van der Waals surface area contributed by atoms with Gasteiger partial charge in [0.2, 0.25) is 0 Å². The third-order valence-electron chi connectivity index (χ3n) is 5.33. The minimum Gasteiger partial charge on any atom is -0.360 e. The van der Waals surface area contributed by atoms with Gasteiger partial charge in [0.25, 0.3) is 5.91 Å². The fraction of sp³-hybridized carbons (Fsp3) is 0.273. The molecule has 0 atom stereocenters. The molecule has 1 saturated heterocycles. The number of benzene rings is 2. The van der Waals surface area contributed by atoms with Gasteiger partial charge in [-0.05, 0) is 19.1 Å². The number of hydrogen-bond acceptors (Lipinski definition) is 3. The summed E-state index contributed by atoms with van der Waals surface area (Å²) in [5.41, 5.74) is 2.69. The van der Waals surface area contributed by atoms with Gasteiger partial charge in [-0.1, -0.05) is 64.8 Å². The van der Waals surface area contributed by atoms with Crippen molar-refractivity contribution >= 4 is 29.1 Å². The molecule has 7 heteroatoms. The zero-order chi connectivity index (χ0) is 20.4. The van der Waals surface area contributed by atoms with E-state index < -0.39 is 0 Å². The smallest absolute Gasteiger partial charge is 0.260 e. The van der Waals surface area contributed by atoms with Crippen molar-refractivity contribution in [3.63, 3.8) is 0 Å². The van der Waals surface area contributed by atoms with Gasteiger partial charge in [0.1, 0.15) is 23.6 Å². The van der Waals surface area contributed by atoms with Crippen LogP contribution in [0.1, 0.15) is 21.7 Å². The highest BCUT2D eigenvalue weighted by molar-refractivity contribution is 6.39. The van der Waals surface area contributed by atoms with Gasteiger partial charge in [-0.15, -0.1) is 0 Å². The summed E-state index contributed by atoms with van der Waals surface area (Å²) < 4.78 is 5.35. The fourth-order valence-electron chi connectivity index (χ4n) is 3.76. The lowest BCUT2D eigenvalue weighted by molar-refractivity contribution is -0.917. The van der Waals surface area contributed by atoms with E-state index in [1.165, 1.54) is 10.5 Å². The van der Waals surface area contributed by atoms with Gasteiger partial charge in [-0.3, -0.25) is 4.79 Å². The quantitative estimate of drug-likeness (QED) is 0.688. The van der Waals surface area contributed by atoms with Crippen LogP contribution in [0.4, 0.5) is 0 Å². The summed E-state index contributed by atoms with van der Waals surface area (Å²) in [4.78, 5) is 16.6. The lowest BCUT2D eigenvalue weighted by atomic mass is 10.0. The zero-order valence-electron chi connectivity index (χ0n) is 16.1. The molecule has 0 radical (unpaired) electrons. The Morgan fingerprint density at radius 1 is 1.07 bits per heavy atom. The molecule has 1 aliphatic rings. The van der Waals surface area contributed by atoms with Crippen LogP contribution in [-0.4, -0.2) is 42.1 Å². The molecule has 0 unspecified atom stereocenters. The molecule has 1 N–H and O–H groups in total. The minimum absolute atomic E-state index is 0.0894. The lowest BCUT2D eigenvalue weighted by Gasteiger charge is -2.32. The summed E-state index contributed by atoms with van der Waals surface area (Å²) in [5, 5.41) is 4.98. The van der Waals surface area contributed by atoms with E-state index in [-0.39, 0.29) is 5.91 Å². The van der Waals surface area contributed by atoms with E-state index in [0.717, 1.165) is 19.6 Å². The highest BCUT2D eigenvalue weighted by Crippen LogP contribution is 2.37. The first-order valence-electron chi connectivity index (χ1n) is 9.62. The number of aryl methyl sites for hydroxylation is 1. The summed E-state index contributed by atoms with van der Waals surface area (Å²) in [6, 6.07) is 15.7. The Balaban J connectivity index is 1.51. The molecule has 0 aliphatic carbocycles. The predicted molar refractivity (Wildman–Crippen MR) is 113 cm³/mol. The van der Waals surface area contributed by atoms with Crippen molar-refractivity contribution in [1.29, 1.82) is 0 Å². The molecule has 5 nitrogen and oxygen atoms in total. The van der Waals surface area contributed by atoms with Crippen molar-refractivity contribution in [2.75, 3.05) is 26.2 Å². The number of nitrogens with one attached hydrogen (secondary N) is 1. The van der Waals surface area contributed by atoms with Crippen molar-refractivity contribution in [3.05, 3.63) is 75.5 Å². The molecular formula is C22H22Cl2N3O2+. The van der Waals surface area contributed by atoms with Gasteiger partial charge in [0, 0.05) is 11.1 Å². The van der Waals surface area contributed by atoms with Crippen molar-refractivity contribution in [3.8, 4) is 11.3 Å². The average molecular weight is 431 g/mol. The molecule has 1 amide bonds. The van der Waals surface area contributed by atoms with Crippen LogP contribution in [0, 0.1) is 6.92 Å². The Kier molecular flexibility index (Phi) is 5.90. The number of quaternary nitrogens is 1. The number of amides is 1. The number of rotatable bonds is 4. The van der Waals surface area contributed by atoms with Gasteiger partial charge < -0.3 is 14.3 Å². The Morgan fingerprint density at radius 3 is 2.38 bits per heavy atom. The Morgan fingerprint density at radius 2 is 1.72 bits per heavy atom. The Bertz CT molecular complexity index is 992. The first-order valence-corrected chi connectivity index (χ1v) is 10.4. The molecule has 1 aliphatic heterocycles. The lowest BCUT2D eigenvalue weighted by Crippen LogP contribution is -3.13. The van der Waals surface area contributed by atoms with Crippen LogP contribution < -0.4 is 4.90 Å². The molecule has 0 bridgehead atoms. The van der Waals surface area contributed by atoms with Gasteiger partial charge in [0.15, 0.2) is 0 Å². The maximum absolute atomic E-state index is 13.3. The third kappa shape index (κ3) is 4.17. The highest BCUT2D eigenvalue weighted by atomic mass is 35.5. The van der Waals surface area contributed by atoms with Crippen LogP contribution in [0.5, 0.6) is 0 Å². The summed E-state index contributed by atoms with van der Waals surface area (Å²) >= 11 is 12.7. The summed E-state index contributed by atoms with van der Waals surface area (Å²) in [6.07, 6.45) is 0. The van der Waals surface area contributed by atoms with Crippen LogP contribution >= 0.6 is 23.2 Å². The molecule has 0 spiro atoms. The molecule has 150 valence electrons. The average Bonchev–Trinajstić information content (AvgIpc) is 3.10. The third-order valence-corrected chi connectivity index (χ3v) is 5.96. The maximum atomic E-state index is 13.3. The van der Waals surface area contributed by atoms with E-state index in [2.05, 4.69) is 29.4 Å². The van der Waals surface area contributed by atoms with E-state index in [9.17, 15) is 4.79 Å². The van der Waals surface area contributed by atoms with E-state index in [4.69, 9.17) is 27.7 Å². The number of carbonyl (C=O) groups excluding carboxylic acids is 1. The molecule has 2 aromatic carbocycles. The second-order valence-corrected chi connectivity index (χ2v) is 8.08. The van der Waals surface area contributed by atoms with E-state index >= 15 is 0 Å². The first-order chi connectivity index (χ1) is 14.0. The van der Waals surface area contributed by atoms with Crippen molar-refractivity contribution in [2.45, 2.75) is 13.5 Å². The molecule has 1 aromatic heterocycles. The highest BCUT2D eigenvalue weighted by Gasteiger charge is 2.31. The molecule has 29 heavy (non-hydrogen) atoms. The number of aromatic nitrogens is 1. The first kappa shape index (κ1) is 20.0. The van der Waals surface area contributed by atoms with Crippen LogP contribution in [-0.2, 0) is 6.54 Å². The number of piperazine rings is 1. The van der Waals surface area contributed by atoms with Crippen LogP contribution in [0.2, 0.25) is 10.0 Å². The van der Waals surface area contributed by atoms with Crippen molar-refractivity contribution in [1.82, 2.24) is 10.1 Å². The van der Waals surface area contributed by atoms with Gasteiger partial charge in [-0.2, -0.15) is 0 Å². The van der Waals surface area contributed by atoms with Gasteiger partial charge in [-0.25, -0.2) is 0 Å². The standard InChI is InChI=1S/C22H21Cl2N3O2/c1-15-19(21(25-29-15)20-17(23)8-5-9-18(20)24)22(28)27-12-10-26(11-13-27)14-16-6-3-2-4-7-16/h2-9H,10-14H2,1H3/p+1. The zero-order valence-corrected chi connectivity index (χ0v) is 17.6. The minimum atomic E-state index is -0.0894. The normalized spacial score (nSPS) is 14.9. The fourth-order valence-corrected chi connectivity index (χ4v) is 4.34. The van der Waals surface area contributed by atoms with Gasteiger partial charge in [0.05, 0.1) is 36.2 Å². The predicted octanol–water partition coefficient (Wildman–Crippen LogP) is 3.50.